The highest BCUT2D eigenvalue weighted by Gasteiger charge is 2.22. The first-order chi connectivity index (χ1) is 14.2. The van der Waals surface area contributed by atoms with E-state index in [0.29, 0.717) is 6.54 Å². The van der Waals surface area contributed by atoms with Gasteiger partial charge in [-0.2, -0.15) is 0 Å². The van der Waals surface area contributed by atoms with Gasteiger partial charge >= 0.3 is 0 Å². The second kappa shape index (κ2) is 8.79. The van der Waals surface area contributed by atoms with Crippen molar-refractivity contribution < 1.29 is 9.53 Å². The Labute approximate surface area is 170 Å². The van der Waals surface area contributed by atoms with E-state index in [1.54, 1.807) is 7.11 Å². The van der Waals surface area contributed by atoms with E-state index in [9.17, 15) is 4.79 Å². The summed E-state index contributed by atoms with van der Waals surface area (Å²) in [6.45, 7) is 3.66. The molecule has 0 spiro atoms. The number of amides is 1. The van der Waals surface area contributed by atoms with E-state index < -0.39 is 0 Å². The van der Waals surface area contributed by atoms with E-state index in [2.05, 4.69) is 24.7 Å². The van der Waals surface area contributed by atoms with Crippen molar-refractivity contribution >= 4 is 17.5 Å². The lowest BCUT2D eigenvalue weighted by molar-refractivity contribution is -0.117. The van der Waals surface area contributed by atoms with Gasteiger partial charge in [0.05, 0.1) is 19.3 Å². The van der Waals surface area contributed by atoms with Gasteiger partial charge in [-0.05, 0) is 24.3 Å². The highest BCUT2D eigenvalue weighted by atomic mass is 16.5. The van der Waals surface area contributed by atoms with Crippen LogP contribution in [0.2, 0.25) is 0 Å². The Balaban J connectivity index is 1.36. The standard InChI is InChI=1S/C22H25N5O2/c1-29-20-9-5-8-19(16-20)27-11-10-23-22(27)26-14-12-25(13-15-26)17-21(28)24-18-6-3-2-4-7-18/h2-11,16H,12-15,17H2,1H3,(H,24,28). The number of carbonyl (C=O) groups excluding carboxylic acids is 1. The van der Waals surface area contributed by atoms with E-state index >= 15 is 0 Å². The molecule has 1 aliphatic heterocycles. The predicted octanol–water partition coefficient (Wildman–Crippen LogP) is 2.64. The van der Waals surface area contributed by atoms with Gasteiger partial charge in [-0.3, -0.25) is 14.3 Å². The van der Waals surface area contributed by atoms with Crippen LogP contribution in [0.5, 0.6) is 5.75 Å². The number of nitrogens with zero attached hydrogens (tertiary/aromatic N) is 4. The SMILES string of the molecule is COc1cccc(-n2ccnc2N2CCN(CC(=O)Nc3ccccc3)CC2)c1. The Morgan fingerprint density at radius 2 is 1.86 bits per heavy atom. The molecule has 3 aromatic rings. The summed E-state index contributed by atoms with van der Waals surface area (Å²) in [5, 5.41) is 2.95. The van der Waals surface area contributed by atoms with Crippen LogP contribution in [-0.4, -0.2) is 60.2 Å². The van der Waals surface area contributed by atoms with Crippen molar-refractivity contribution in [2.45, 2.75) is 0 Å². The van der Waals surface area contributed by atoms with E-state index in [1.807, 2.05) is 67.0 Å². The zero-order valence-corrected chi connectivity index (χ0v) is 16.5. The Hall–Kier alpha value is -3.32. The molecule has 1 N–H and O–H groups in total. The van der Waals surface area contributed by atoms with Gasteiger partial charge in [0, 0.05) is 50.3 Å². The van der Waals surface area contributed by atoms with E-state index in [1.165, 1.54) is 0 Å². The molecule has 0 atom stereocenters. The van der Waals surface area contributed by atoms with Gasteiger partial charge in [0.15, 0.2) is 0 Å². The fourth-order valence-electron chi connectivity index (χ4n) is 3.52. The van der Waals surface area contributed by atoms with Crippen LogP contribution in [-0.2, 0) is 4.79 Å². The van der Waals surface area contributed by atoms with Crippen molar-refractivity contribution in [1.29, 1.82) is 0 Å². The topological polar surface area (TPSA) is 62.6 Å². The summed E-state index contributed by atoms with van der Waals surface area (Å²) < 4.78 is 7.41. The van der Waals surface area contributed by atoms with Gasteiger partial charge in [0.1, 0.15) is 5.75 Å². The van der Waals surface area contributed by atoms with Crippen LogP contribution in [0.1, 0.15) is 0 Å². The molecule has 2 aromatic carbocycles. The second-order valence-corrected chi connectivity index (χ2v) is 6.98. The maximum atomic E-state index is 12.3. The molecule has 29 heavy (non-hydrogen) atoms. The van der Waals surface area contributed by atoms with Crippen molar-refractivity contribution in [3.63, 3.8) is 0 Å². The van der Waals surface area contributed by atoms with Crippen LogP contribution in [0.25, 0.3) is 5.69 Å². The minimum atomic E-state index is 0.0162. The average molecular weight is 391 g/mol. The number of para-hydroxylation sites is 1. The Kier molecular flexibility index (Phi) is 5.76. The van der Waals surface area contributed by atoms with Gasteiger partial charge in [-0.15, -0.1) is 0 Å². The zero-order valence-electron chi connectivity index (χ0n) is 16.5. The first-order valence-electron chi connectivity index (χ1n) is 9.73. The number of benzene rings is 2. The third-order valence-corrected chi connectivity index (χ3v) is 5.03. The summed E-state index contributed by atoms with van der Waals surface area (Å²) in [4.78, 5) is 21.3. The highest BCUT2D eigenvalue weighted by molar-refractivity contribution is 5.92. The van der Waals surface area contributed by atoms with E-state index in [0.717, 1.165) is 49.3 Å². The average Bonchev–Trinajstić information content (AvgIpc) is 3.25. The summed E-state index contributed by atoms with van der Waals surface area (Å²) in [5.41, 5.74) is 1.85. The molecule has 2 heterocycles. The number of hydrogen-bond donors (Lipinski definition) is 1. The molecule has 1 amide bonds. The van der Waals surface area contributed by atoms with Crippen molar-refractivity contribution in [2.24, 2.45) is 0 Å². The molecule has 4 rings (SSSR count). The number of piperazine rings is 1. The summed E-state index contributed by atoms with van der Waals surface area (Å²) >= 11 is 0. The molecule has 1 saturated heterocycles. The number of aromatic nitrogens is 2. The Bertz CT molecular complexity index is 949. The van der Waals surface area contributed by atoms with Crippen molar-refractivity contribution in [3.8, 4) is 11.4 Å². The second-order valence-electron chi connectivity index (χ2n) is 6.98. The van der Waals surface area contributed by atoms with Crippen LogP contribution in [0.15, 0.2) is 67.0 Å². The summed E-state index contributed by atoms with van der Waals surface area (Å²) in [5.74, 6) is 1.74. The molecular weight excluding hydrogens is 366 g/mol. The molecule has 150 valence electrons. The first kappa shape index (κ1) is 19.0. The quantitative estimate of drug-likeness (QED) is 0.700. The number of anilines is 2. The lowest BCUT2D eigenvalue weighted by atomic mass is 10.3. The maximum Gasteiger partial charge on any atom is 0.238 e. The monoisotopic (exact) mass is 391 g/mol. The molecule has 1 aliphatic rings. The van der Waals surface area contributed by atoms with Crippen LogP contribution in [0.3, 0.4) is 0 Å². The number of hydrogen-bond acceptors (Lipinski definition) is 5. The van der Waals surface area contributed by atoms with Gasteiger partial charge < -0.3 is 15.0 Å². The van der Waals surface area contributed by atoms with Gasteiger partial charge in [0.25, 0.3) is 0 Å². The molecule has 7 heteroatoms. The highest BCUT2D eigenvalue weighted by Crippen LogP contribution is 2.22. The minimum Gasteiger partial charge on any atom is -0.497 e. The number of imidazole rings is 1. The first-order valence-corrected chi connectivity index (χ1v) is 9.73. The lowest BCUT2D eigenvalue weighted by Gasteiger charge is -2.35. The largest absolute Gasteiger partial charge is 0.497 e. The van der Waals surface area contributed by atoms with Crippen LogP contribution >= 0.6 is 0 Å². The molecule has 1 aromatic heterocycles. The number of methoxy groups -OCH3 is 1. The molecule has 0 aliphatic carbocycles. The Morgan fingerprint density at radius 3 is 2.62 bits per heavy atom. The maximum absolute atomic E-state index is 12.3. The van der Waals surface area contributed by atoms with Crippen molar-refractivity contribution in [1.82, 2.24) is 14.5 Å². The molecule has 0 saturated carbocycles. The molecular formula is C22H25N5O2. The smallest absolute Gasteiger partial charge is 0.238 e. The fourth-order valence-corrected chi connectivity index (χ4v) is 3.52. The van der Waals surface area contributed by atoms with E-state index in [4.69, 9.17) is 4.74 Å². The number of nitrogens with one attached hydrogen (secondary N) is 1. The van der Waals surface area contributed by atoms with Gasteiger partial charge in [-0.25, -0.2) is 4.98 Å². The zero-order chi connectivity index (χ0) is 20.1. The molecule has 1 fully saturated rings. The third kappa shape index (κ3) is 4.57. The lowest BCUT2D eigenvalue weighted by Crippen LogP contribution is -2.49. The molecule has 0 unspecified atom stereocenters. The van der Waals surface area contributed by atoms with Crippen molar-refractivity contribution in [3.05, 3.63) is 67.0 Å². The molecule has 7 nitrogen and oxygen atoms in total. The van der Waals surface area contributed by atoms with E-state index in [-0.39, 0.29) is 5.91 Å². The minimum absolute atomic E-state index is 0.0162. The molecule has 0 bridgehead atoms. The summed E-state index contributed by atoms with van der Waals surface area (Å²) in [7, 11) is 1.67. The predicted molar refractivity (Wildman–Crippen MR) is 114 cm³/mol. The van der Waals surface area contributed by atoms with Crippen LogP contribution in [0, 0.1) is 0 Å². The number of rotatable bonds is 6. The van der Waals surface area contributed by atoms with Gasteiger partial charge in [-0.1, -0.05) is 24.3 Å². The molecule has 0 radical (unpaired) electrons. The summed E-state index contributed by atoms with van der Waals surface area (Å²) in [6, 6.07) is 17.5. The number of carbonyl (C=O) groups is 1. The third-order valence-electron chi connectivity index (χ3n) is 5.03. The Morgan fingerprint density at radius 1 is 1.07 bits per heavy atom. The normalized spacial score (nSPS) is 14.6. The number of ether oxygens (including phenoxy) is 1. The van der Waals surface area contributed by atoms with Crippen LogP contribution < -0.4 is 15.0 Å². The summed E-state index contributed by atoms with van der Waals surface area (Å²) in [6.07, 6.45) is 3.78. The van der Waals surface area contributed by atoms with Crippen molar-refractivity contribution in [2.75, 3.05) is 50.1 Å². The van der Waals surface area contributed by atoms with Gasteiger partial charge in [0.2, 0.25) is 11.9 Å². The van der Waals surface area contributed by atoms with Crippen LogP contribution in [0.4, 0.5) is 11.6 Å². The fraction of sp³-hybridized carbons (Fsp3) is 0.273.